The number of fused-ring (bicyclic) bond motifs is 1. The minimum absolute atomic E-state index is 0.0709. The maximum atomic E-state index is 13.4. The Balaban J connectivity index is 2.14. The van der Waals surface area contributed by atoms with Gasteiger partial charge in [-0.15, -0.1) is 5.10 Å². The van der Waals surface area contributed by atoms with E-state index in [0.29, 0.717) is 30.3 Å². The molecule has 0 aliphatic carbocycles. The lowest BCUT2D eigenvalue weighted by Crippen LogP contribution is -2.29. The highest BCUT2D eigenvalue weighted by atomic mass is 19.3. The first-order valence-corrected chi connectivity index (χ1v) is 12.6. The first kappa shape index (κ1) is 30.8. The van der Waals surface area contributed by atoms with Crippen LogP contribution in [0.5, 0.6) is 5.75 Å². The zero-order valence-corrected chi connectivity index (χ0v) is 23.8. The number of para-hydroxylation sites is 1. The van der Waals surface area contributed by atoms with Gasteiger partial charge in [0, 0.05) is 45.7 Å². The van der Waals surface area contributed by atoms with Crippen LogP contribution in [0.15, 0.2) is 71.7 Å². The second-order valence-corrected chi connectivity index (χ2v) is 9.42. The molecule has 1 aromatic heterocycles. The van der Waals surface area contributed by atoms with Crippen molar-refractivity contribution in [3.63, 3.8) is 0 Å². The smallest absolute Gasteiger partial charge is 0.387 e. The van der Waals surface area contributed by atoms with Gasteiger partial charge in [0.25, 0.3) is 0 Å². The highest BCUT2D eigenvalue weighted by Crippen LogP contribution is 2.39. The Bertz CT molecular complexity index is 1480. The zero-order chi connectivity index (χ0) is 30.3. The van der Waals surface area contributed by atoms with Gasteiger partial charge in [-0.2, -0.15) is 13.8 Å². The topological polar surface area (TPSA) is 117 Å². The van der Waals surface area contributed by atoms with Crippen molar-refractivity contribution in [2.24, 2.45) is 15.7 Å². The lowest BCUT2D eigenvalue weighted by molar-refractivity contribution is -0.111. The minimum atomic E-state index is -3.13. The van der Waals surface area contributed by atoms with Crippen LogP contribution in [0, 0.1) is 0 Å². The number of rotatable bonds is 11. The molecule has 0 radical (unpaired) electrons. The van der Waals surface area contributed by atoms with E-state index in [1.54, 1.807) is 16.6 Å². The highest BCUT2D eigenvalue weighted by Gasteiger charge is 2.19. The van der Waals surface area contributed by atoms with Gasteiger partial charge in [0.05, 0.1) is 16.9 Å². The number of nitrogens with one attached hydrogen (secondary N) is 1. The Kier molecular flexibility index (Phi) is 10.1. The number of carbonyl (C=O) groups excluding carboxylic acids is 1. The van der Waals surface area contributed by atoms with Gasteiger partial charge in [-0.3, -0.25) is 4.79 Å². The van der Waals surface area contributed by atoms with E-state index >= 15 is 0 Å². The van der Waals surface area contributed by atoms with Crippen molar-refractivity contribution in [1.82, 2.24) is 14.7 Å². The summed E-state index contributed by atoms with van der Waals surface area (Å²) in [6, 6.07) is 10.3. The summed E-state index contributed by atoms with van der Waals surface area (Å²) in [5.41, 5.74) is 7.60. The minimum Gasteiger partial charge on any atom is -0.432 e. The van der Waals surface area contributed by atoms with Gasteiger partial charge in [0.1, 0.15) is 5.69 Å². The van der Waals surface area contributed by atoms with Crippen LogP contribution in [-0.4, -0.2) is 87.3 Å². The predicted octanol–water partition coefficient (Wildman–Crippen LogP) is 3.91. The SMILES string of the molecule is C=CC(=O)Nc1cc(N=C(N)N=C(C=C)n2nc(N(C)C)c3ccccc32)c(OC(F)F)cc1N(C)CCN(C)C. The Labute approximate surface area is 237 Å². The van der Waals surface area contributed by atoms with Crippen LogP contribution in [0.3, 0.4) is 0 Å². The molecule has 41 heavy (non-hydrogen) atoms. The van der Waals surface area contributed by atoms with E-state index in [4.69, 9.17) is 10.5 Å². The number of hydrogen-bond acceptors (Lipinski definition) is 7. The fourth-order valence-corrected chi connectivity index (χ4v) is 3.91. The first-order valence-electron chi connectivity index (χ1n) is 12.6. The molecule has 0 spiro atoms. The van der Waals surface area contributed by atoms with Crippen molar-refractivity contribution in [2.75, 3.05) is 63.4 Å². The van der Waals surface area contributed by atoms with Crippen molar-refractivity contribution < 1.29 is 18.3 Å². The van der Waals surface area contributed by atoms with Crippen LogP contribution >= 0.6 is 0 Å². The number of hydrogen-bond donors (Lipinski definition) is 2. The molecule has 1 heterocycles. The van der Waals surface area contributed by atoms with E-state index in [0.717, 1.165) is 17.0 Å². The summed E-state index contributed by atoms with van der Waals surface area (Å²) in [6.45, 7) is 5.37. The molecular weight excluding hydrogens is 532 g/mol. The fourth-order valence-electron chi connectivity index (χ4n) is 3.91. The number of nitrogens with zero attached hydrogens (tertiary/aromatic N) is 7. The first-order chi connectivity index (χ1) is 19.4. The summed E-state index contributed by atoms with van der Waals surface area (Å²) in [5, 5.41) is 8.21. The third-order valence-corrected chi connectivity index (χ3v) is 5.89. The molecule has 0 aliphatic heterocycles. The van der Waals surface area contributed by atoms with Crippen LogP contribution < -0.4 is 25.6 Å². The van der Waals surface area contributed by atoms with E-state index in [1.807, 2.05) is 62.3 Å². The van der Waals surface area contributed by atoms with E-state index in [-0.39, 0.29) is 23.2 Å². The summed E-state index contributed by atoms with van der Waals surface area (Å²) in [6.07, 6.45) is 2.55. The van der Waals surface area contributed by atoms with E-state index in [9.17, 15) is 13.6 Å². The second-order valence-electron chi connectivity index (χ2n) is 9.42. The molecule has 13 heteroatoms. The molecule has 0 bridgehead atoms. The number of aliphatic imine (C=N–C) groups is 2. The number of allylic oxidation sites excluding steroid dienone is 1. The number of halogens is 2. The molecule has 3 aromatic rings. The van der Waals surface area contributed by atoms with Crippen molar-refractivity contribution in [3.05, 3.63) is 61.7 Å². The molecule has 3 rings (SSSR count). The number of ether oxygens (including phenoxy) is 1. The molecule has 1 amide bonds. The van der Waals surface area contributed by atoms with Gasteiger partial charge in [-0.05, 0) is 44.4 Å². The Morgan fingerprint density at radius 2 is 1.85 bits per heavy atom. The third-order valence-electron chi connectivity index (χ3n) is 5.89. The van der Waals surface area contributed by atoms with Gasteiger partial charge < -0.3 is 30.5 Å². The van der Waals surface area contributed by atoms with Crippen LogP contribution in [0.1, 0.15) is 0 Å². The predicted molar refractivity (Wildman–Crippen MR) is 162 cm³/mol. The molecule has 3 N–H and O–H groups in total. The summed E-state index contributed by atoms with van der Waals surface area (Å²) in [4.78, 5) is 26.5. The van der Waals surface area contributed by atoms with Gasteiger partial charge in [-0.1, -0.05) is 25.3 Å². The maximum absolute atomic E-state index is 13.4. The van der Waals surface area contributed by atoms with Crippen LogP contribution in [0.2, 0.25) is 0 Å². The summed E-state index contributed by atoms with van der Waals surface area (Å²) in [5.74, 6) is -0.0605. The monoisotopic (exact) mass is 567 g/mol. The number of amides is 1. The number of benzene rings is 2. The molecule has 0 unspecified atom stereocenters. The van der Waals surface area contributed by atoms with Crippen LogP contribution in [-0.2, 0) is 4.79 Å². The Morgan fingerprint density at radius 3 is 2.46 bits per heavy atom. The number of guanidine groups is 1. The van der Waals surface area contributed by atoms with Crippen molar-refractivity contribution >= 4 is 51.5 Å². The van der Waals surface area contributed by atoms with E-state index in [2.05, 4.69) is 33.6 Å². The van der Waals surface area contributed by atoms with Gasteiger partial charge in [-0.25, -0.2) is 9.67 Å². The molecule has 11 nitrogen and oxygen atoms in total. The maximum Gasteiger partial charge on any atom is 0.387 e. The quantitative estimate of drug-likeness (QED) is 0.205. The summed E-state index contributed by atoms with van der Waals surface area (Å²) in [7, 11) is 9.32. The molecular formula is C28H35F2N9O2. The van der Waals surface area contributed by atoms with Gasteiger partial charge in [0.15, 0.2) is 17.4 Å². The molecule has 0 saturated heterocycles. The molecule has 218 valence electrons. The average molecular weight is 568 g/mol. The summed E-state index contributed by atoms with van der Waals surface area (Å²) >= 11 is 0. The van der Waals surface area contributed by atoms with Gasteiger partial charge in [0.2, 0.25) is 11.9 Å². The van der Waals surface area contributed by atoms with Crippen molar-refractivity contribution in [2.45, 2.75) is 6.61 Å². The standard InChI is InChI=1S/C28H35F2N9O2/c1-8-24(39-21-13-11-10-12-18(21)26(35-39)37(5)6)34-28(31)33-20-16-19(32-25(40)9-2)22(17-23(20)41-27(29)30)38(7)15-14-36(3)4/h8-13,16-17,27H,1-2,14-15H2,3-7H3,(H2,31,33)(H,32,40). The fraction of sp³-hybridized carbons (Fsp3) is 0.286. The number of anilines is 3. The van der Waals surface area contributed by atoms with Crippen LogP contribution in [0.4, 0.5) is 31.7 Å². The van der Waals surface area contributed by atoms with Crippen molar-refractivity contribution in [1.29, 1.82) is 0 Å². The Morgan fingerprint density at radius 1 is 1.15 bits per heavy atom. The molecule has 0 saturated carbocycles. The third kappa shape index (κ3) is 7.66. The lowest BCUT2D eigenvalue weighted by atomic mass is 10.2. The Hall–Kier alpha value is -4.78. The normalized spacial score (nSPS) is 12.1. The molecule has 0 aliphatic rings. The molecule has 0 atom stereocenters. The lowest BCUT2D eigenvalue weighted by Gasteiger charge is -2.25. The highest BCUT2D eigenvalue weighted by molar-refractivity contribution is 6.08. The zero-order valence-electron chi connectivity index (χ0n) is 23.8. The number of nitrogens with two attached hydrogens (primary N) is 1. The number of aromatic nitrogens is 2. The van der Waals surface area contributed by atoms with Crippen molar-refractivity contribution in [3.8, 4) is 5.75 Å². The second kappa shape index (κ2) is 13.5. The number of carbonyl (C=O) groups is 1. The molecule has 0 fully saturated rings. The van der Waals surface area contributed by atoms with Crippen LogP contribution in [0.25, 0.3) is 10.9 Å². The largest absolute Gasteiger partial charge is 0.432 e. The average Bonchev–Trinajstić information content (AvgIpc) is 3.31. The number of alkyl halides is 2. The number of likely N-dealkylation sites (N-methyl/N-ethyl adjacent to an activating group) is 2. The van der Waals surface area contributed by atoms with Gasteiger partial charge >= 0.3 is 6.61 Å². The summed E-state index contributed by atoms with van der Waals surface area (Å²) < 4.78 is 33.2. The molecule has 2 aromatic carbocycles. The van der Waals surface area contributed by atoms with E-state index in [1.165, 1.54) is 18.2 Å². The van der Waals surface area contributed by atoms with E-state index < -0.39 is 12.5 Å².